The fraction of sp³-hybridized carbons (Fsp3) is 0.318. The lowest BCUT2D eigenvalue weighted by Crippen LogP contribution is -2.06. The lowest BCUT2D eigenvalue weighted by atomic mass is 9.99. The van der Waals surface area contributed by atoms with Crippen LogP contribution < -0.4 is 0 Å². The van der Waals surface area contributed by atoms with Crippen LogP contribution in [0.25, 0.3) is 22.5 Å². The van der Waals surface area contributed by atoms with E-state index >= 15 is 0 Å². The summed E-state index contributed by atoms with van der Waals surface area (Å²) in [7, 11) is 1.98. The first-order valence-corrected chi connectivity index (χ1v) is 9.15. The van der Waals surface area contributed by atoms with Crippen molar-refractivity contribution in [3.05, 3.63) is 59.7 Å². The molecule has 3 rings (SSSR count). The summed E-state index contributed by atoms with van der Waals surface area (Å²) < 4.78 is 2.03. The van der Waals surface area contributed by atoms with Crippen LogP contribution in [0.3, 0.4) is 0 Å². The molecule has 140 valence electrons. The van der Waals surface area contributed by atoms with Crippen LogP contribution in [0.1, 0.15) is 61.3 Å². The van der Waals surface area contributed by atoms with E-state index in [1.54, 1.807) is 12.1 Å². The predicted molar refractivity (Wildman–Crippen MR) is 107 cm³/mol. The van der Waals surface area contributed by atoms with Gasteiger partial charge >= 0.3 is 5.97 Å². The Labute approximate surface area is 159 Å². The number of hydrogen-bond acceptors (Lipinski definition) is 3. The Morgan fingerprint density at radius 3 is 2.19 bits per heavy atom. The Bertz CT molecular complexity index is 970. The van der Waals surface area contributed by atoms with Gasteiger partial charge < -0.3 is 9.67 Å². The standard InChI is InChI=1S/C22H25N3O2/c1-13(2)19-20(14(3)4)24-18(12-23-19)17-10-11-25(5)21(17)15-6-8-16(9-7-15)22(26)27/h6-14H,1-5H3,(H,26,27). The second-order valence-electron chi connectivity index (χ2n) is 7.41. The molecule has 0 aliphatic rings. The Hall–Kier alpha value is -2.95. The lowest BCUT2D eigenvalue weighted by molar-refractivity contribution is 0.0697. The van der Waals surface area contributed by atoms with E-state index in [1.165, 1.54) is 0 Å². The molecule has 0 aliphatic heterocycles. The van der Waals surface area contributed by atoms with Crippen LogP contribution in [0.2, 0.25) is 0 Å². The van der Waals surface area contributed by atoms with Crippen LogP contribution >= 0.6 is 0 Å². The number of aromatic carboxylic acids is 1. The van der Waals surface area contributed by atoms with Crippen molar-refractivity contribution in [2.45, 2.75) is 39.5 Å². The number of rotatable bonds is 5. The topological polar surface area (TPSA) is 68.0 Å². The summed E-state index contributed by atoms with van der Waals surface area (Å²) in [4.78, 5) is 20.8. The second-order valence-corrected chi connectivity index (χ2v) is 7.41. The summed E-state index contributed by atoms with van der Waals surface area (Å²) in [6.07, 6.45) is 3.83. The molecular formula is C22H25N3O2. The maximum Gasteiger partial charge on any atom is 0.335 e. The van der Waals surface area contributed by atoms with Gasteiger partial charge in [-0.2, -0.15) is 0 Å². The van der Waals surface area contributed by atoms with E-state index in [-0.39, 0.29) is 11.5 Å². The maximum atomic E-state index is 11.1. The van der Waals surface area contributed by atoms with Gasteiger partial charge in [-0.05, 0) is 35.6 Å². The second kappa shape index (κ2) is 7.35. The lowest BCUT2D eigenvalue weighted by Gasteiger charge is -2.15. The van der Waals surface area contributed by atoms with Gasteiger partial charge in [0.2, 0.25) is 0 Å². The smallest absolute Gasteiger partial charge is 0.335 e. The molecule has 27 heavy (non-hydrogen) atoms. The highest BCUT2D eigenvalue weighted by molar-refractivity contribution is 5.89. The molecule has 0 radical (unpaired) electrons. The summed E-state index contributed by atoms with van der Waals surface area (Å²) in [6.45, 7) is 8.54. The van der Waals surface area contributed by atoms with E-state index in [0.29, 0.717) is 5.92 Å². The molecule has 3 aromatic rings. The third-order valence-electron chi connectivity index (χ3n) is 4.68. The normalized spacial score (nSPS) is 11.4. The Balaban J connectivity index is 2.12. The predicted octanol–water partition coefficient (Wildman–Crippen LogP) is 5.09. The third kappa shape index (κ3) is 3.63. The SMILES string of the molecule is CC(C)c1ncc(-c2ccn(C)c2-c2ccc(C(=O)O)cc2)nc1C(C)C. The van der Waals surface area contributed by atoms with Crippen molar-refractivity contribution in [1.29, 1.82) is 0 Å². The quantitative estimate of drug-likeness (QED) is 0.685. The first-order valence-electron chi connectivity index (χ1n) is 9.15. The average Bonchev–Trinajstić information content (AvgIpc) is 3.02. The molecule has 0 atom stereocenters. The number of aryl methyl sites for hydroxylation is 1. The van der Waals surface area contributed by atoms with E-state index < -0.39 is 5.97 Å². The van der Waals surface area contributed by atoms with Crippen LogP contribution in [-0.4, -0.2) is 25.6 Å². The van der Waals surface area contributed by atoms with E-state index in [0.717, 1.165) is 33.9 Å². The minimum absolute atomic E-state index is 0.276. The van der Waals surface area contributed by atoms with Gasteiger partial charge in [0, 0.05) is 18.8 Å². The van der Waals surface area contributed by atoms with Gasteiger partial charge in [-0.1, -0.05) is 39.8 Å². The van der Waals surface area contributed by atoms with Crippen LogP contribution in [0.15, 0.2) is 42.7 Å². The molecule has 0 aliphatic carbocycles. The third-order valence-corrected chi connectivity index (χ3v) is 4.68. The molecule has 0 saturated heterocycles. The number of hydrogen-bond donors (Lipinski definition) is 1. The molecule has 0 spiro atoms. The molecular weight excluding hydrogens is 338 g/mol. The van der Waals surface area contributed by atoms with E-state index in [2.05, 4.69) is 27.7 Å². The molecule has 0 unspecified atom stereocenters. The Morgan fingerprint density at radius 2 is 1.63 bits per heavy atom. The monoisotopic (exact) mass is 363 g/mol. The highest BCUT2D eigenvalue weighted by Crippen LogP contribution is 2.33. The fourth-order valence-corrected chi connectivity index (χ4v) is 3.28. The molecule has 0 bridgehead atoms. The van der Waals surface area contributed by atoms with Crippen molar-refractivity contribution >= 4 is 5.97 Å². The average molecular weight is 363 g/mol. The highest BCUT2D eigenvalue weighted by Gasteiger charge is 2.18. The van der Waals surface area contributed by atoms with Gasteiger partial charge in [0.25, 0.3) is 0 Å². The first kappa shape index (κ1) is 18.8. The Kier molecular flexibility index (Phi) is 5.13. The van der Waals surface area contributed by atoms with Crippen molar-refractivity contribution in [1.82, 2.24) is 14.5 Å². The van der Waals surface area contributed by atoms with Crippen molar-refractivity contribution in [3.8, 4) is 22.5 Å². The first-order chi connectivity index (χ1) is 12.8. The maximum absolute atomic E-state index is 11.1. The number of carboxylic acid groups (broad SMARTS) is 1. The number of carbonyl (C=O) groups is 1. The summed E-state index contributed by atoms with van der Waals surface area (Å²) >= 11 is 0. The summed E-state index contributed by atoms with van der Waals surface area (Å²) in [6, 6.07) is 8.95. The number of nitrogens with zero attached hydrogens (tertiary/aromatic N) is 3. The summed E-state index contributed by atoms with van der Waals surface area (Å²) in [5.41, 5.74) is 6.11. The summed E-state index contributed by atoms with van der Waals surface area (Å²) in [5, 5.41) is 9.12. The number of aromatic nitrogens is 3. The van der Waals surface area contributed by atoms with Crippen LogP contribution in [0.4, 0.5) is 0 Å². The molecule has 0 amide bonds. The molecule has 1 aromatic carbocycles. The fourth-order valence-electron chi connectivity index (χ4n) is 3.28. The molecule has 1 N–H and O–H groups in total. The highest BCUT2D eigenvalue weighted by atomic mass is 16.4. The molecule has 0 saturated carbocycles. The van der Waals surface area contributed by atoms with E-state index in [9.17, 15) is 4.79 Å². The van der Waals surface area contributed by atoms with Gasteiger partial charge in [0.05, 0.1) is 34.5 Å². The molecule has 2 aromatic heterocycles. The zero-order valence-corrected chi connectivity index (χ0v) is 16.4. The van der Waals surface area contributed by atoms with E-state index in [1.807, 2.05) is 42.2 Å². The zero-order valence-electron chi connectivity index (χ0n) is 16.4. The van der Waals surface area contributed by atoms with Crippen LogP contribution in [0, 0.1) is 0 Å². The minimum atomic E-state index is -0.926. The van der Waals surface area contributed by atoms with Gasteiger partial charge in [-0.3, -0.25) is 4.98 Å². The van der Waals surface area contributed by atoms with Crippen LogP contribution in [0.5, 0.6) is 0 Å². The Morgan fingerprint density at radius 1 is 1.00 bits per heavy atom. The number of carboxylic acids is 1. The van der Waals surface area contributed by atoms with Crippen molar-refractivity contribution in [3.63, 3.8) is 0 Å². The van der Waals surface area contributed by atoms with Gasteiger partial charge in [0.15, 0.2) is 0 Å². The van der Waals surface area contributed by atoms with Gasteiger partial charge in [-0.15, -0.1) is 0 Å². The number of benzene rings is 1. The summed E-state index contributed by atoms with van der Waals surface area (Å²) in [5.74, 6) is -0.315. The molecule has 5 nitrogen and oxygen atoms in total. The van der Waals surface area contributed by atoms with Crippen LogP contribution in [-0.2, 0) is 7.05 Å². The molecule has 5 heteroatoms. The van der Waals surface area contributed by atoms with Crippen molar-refractivity contribution in [2.24, 2.45) is 7.05 Å². The molecule has 2 heterocycles. The zero-order chi connectivity index (χ0) is 19.7. The van der Waals surface area contributed by atoms with Crippen molar-refractivity contribution in [2.75, 3.05) is 0 Å². The van der Waals surface area contributed by atoms with E-state index in [4.69, 9.17) is 15.1 Å². The molecule has 0 fully saturated rings. The largest absolute Gasteiger partial charge is 0.478 e. The minimum Gasteiger partial charge on any atom is -0.478 e. The van der Waals surface area contributed by atoms with Gasteiger partial charge in [0.1, 0.15) is 0 Å². The van der Waals surface area contributed by atoms with Crippen molar-refractivity contribution < 1.29 is 9.90 Å². The van der Waals surface area contributed by atoms with Gasteiger partial charge in [-0.25, -0.2) is 9.78 Å².